The van der Waals surface area contributed by atoms with Crippen molar-refractivity contribution in [2.75, 3.05) is 11.9 Å². The fourth-order valence-electron chi connectivity index (χ4n) is 2.40. The maximum atomic E-state index is 12.3. The zero-order chi connectivity index (χ0) is 13.0. The summed E-state index contributed by atoms with van der Waals surface area (Å²) in [7, 11) is 0. The van der Waals surface area contributed by atoms with Gasteiger partial charge in [0.25, 0.3) is 5.91 Å². The predicted octanol–water partition coefficient (Wildman–Crippen LogP) is 2.58. The van der Waals surface area contributed by atoms with Crippen molar-refractivity contribution in [3.8, 4) is 0 Å². The molecule has 0 spiro atoms. The molecule has 4 nitrogen and oxygen atoms in total. The van der Waals surface area contributed by atoms with Crippen LogP contribution in [0.1, 0.15) is 49.9 Å². The molecule has 1 heterocycles. The van der Waals surface area contributed by atoms with Crippen LogP contribution in [0.15, 0.2) is 18.5 Å². The van der Waals surface area contributed by atoms with Crippen LogP contribution in [0.2, 0.25) is 0 Å². The standard InChI is InChI=1S/C14H21N3O/c1-3-14(7-5-8-14)17-13(18)11-6-9-15-10-12(11)16-4-2/h6,9-10,16H,3-5,7-8H2,1-2H3,(H,17,18). The Labute approximate surface area is 108 Å². The van der Waals surface area contributed by atoms with Crippen molar-refractivity contribution in [3.05, 3.63) is 24.0 Å². The molecule has 0 unspecified atom stereocenters. The number of hydrogen-bond donors (Lipinski definition) is 2. The highest BCUT2D eigenvalue weighted by molar-refractivity contribution is 5.99. The molecule has 1 aromatic rings. The topological polar surface area (TPSA) is 54.0 Å². The molecule has 1 aliphatic carbocycles. The summed E-state index contributed by atoms with van der Waals surface area (Å²) in [5.74, 6) is 0.00917. The minimum atomic E-state index is 0.00917. The Bertz CT molecular complexity index is 421. The fraction of sp³-hybridized carbons (Fsp3) is 0.571. The molecule has 0 bridgehead atoms. The molecule has 98 valence electrons. The van der Waals surface area contributed by atoms with E-state index in [1.165, 1.54) is 6.42 Å². The van der Waals surface area contributed by atoms with E-state index in [0.29, 0.717) is 5.56 Å². The summed E-state index contributed by atoms with van der Waals surface area (Å²) >= 11 is 0. The molecule has 18 heavy (non-hydrogen) atoms. The van der Waals surface area contributed by atoms with E-state index in [1.54, 1.807) is 18.5 Å². The molecule has 1 saturated carbocycles. The largest absolute Gasteiger partial charge is 0.383 e. The second-order valence-corrected chi connectivity index (χ2v) is 4.89. The number of carbonyl (C=O) groups is 1. The van der Waals surface area contributed by atoms with Gasteiger partial charge in [-0.05, 0) is 38.7 Å². The smallest absolute Gasteiger partial charge is 0.253 e. The second-order valence-electron chi connectivity index (χ2n) is 4.89. The zero-order valence-corrected chi connectivity index (χ0v) is 11.1. The quantitative estimate of drug-likeness (QED) is 0.840. The third-order valence-corrected chi connectivity index (χ3v) is 3.80. The summed E-state index contributed by atoms with van der Waals surface area (Å²) in [4.78, 5) is 16.4. The van der Waals surface area contributed by atoms with Crippen LogP contribution in [-0.2, 0) is 0 Å². The summed E-state index contributed by atoms with van der Waals surface area (Å²) in [6.07, 6.45) is 7.77. The molecular formula is C14H21N3O. The molecule has 1 aromatic heterocycles. The van der Waals surface area contributed by atoms with E-state index in [2.05, 4.69) is 22.5 Å². The van der Waals surface area contributed by atoms with Gasteiger partial charge in [-0.15, -0.1) is 0 Å². The maximum Gasteiger partial charge on any atom is 0.253 e. The van der Waals surface area contributed by atoms with Crippen molar-refractivity contribution < 1.29 is 4.79 Å². The molecule has 0 saturated heterocycles. The van der Waals surface area contributed by atoms with Crippen LogP contribution in [0.25, 0.3) is 0 Å². The van der Waals surface area contributed by atoms with Gasteiger partial charge in [0.2, 0.25) is 0 Å². The Balaban J connectivity index is 2.13. The van der Waals surface area contributed by atoms with Gasteiger partial charge in [0.15, 0.2) is 0 Å². The molecule has 0 aromatic carbocycles. The summed E-state index contributed by atoms with van der Waals surface area (Å²) < 4.78 is 0. The van der Waals surface area contributed by atoms with Crippen molar-refractivity contribution >= 4 is 11.6 Å². The summed E-state index contributed by atoms with van der Waals surface area (Å²) in [6, 6.07) is 1.77. The Morgan fingerprint density at radius 2 is 2.22 bits per heavy atom. The summed E-state index contributed by atoms with van der Waals surface area (Å²) in [6.45, 7) is 4.93. The van der Waals surface area contributed by atoms with E-state index < -0.39 is 0 Å². The summed E-state index contributed by atoms with van der Waals surface area (Å²) in [5.41, 5.74) is 1.53. The number of aromatic nitrogens is 1. The fourth-order valence-corrected chi connectivity index (χ4v) is 2.40. The molecular weight excluding hydrogens is 226 g/mol. The van der Waals surface area contributed by atoms with E-state index >= 15 is 0 Å². The first-order valence-corrected chi connectivity index (χ1v) is 6.71. The lowest BCUT2D eigenvalue weighted by molar-refractivity contribution is 0.0821. The molecule has 1 aliphatic rings. The monoisotopic (exact) mass is 247 g/mol. The van der Waals surface area contributed by atoms with Gasteiger partial charge in [-0.1, -0.05) is 6.92 Å². The lowest BCUT2D eigenvalue weighted by atomic mass is 9.74. The molecule has 0 radical (unpaired) electrons. The second kappa shape index (κ2) is 5.38. The van der Waals surface area contributed by atoms with Crippen LogP contribution in [0, 0.1) is 0 Å². The van der Waals surface area contributed by atoms with Gasteiger partial charge in [-0.25, -0.2) is 0 Å². The van der Waals surface area contributed by atoms with Gasteiger partial charge in [0, 0.05) is 18.3 Å². The van der Waals surface area contributed by atoms with Crippen LogP contribution in [-0.4, -0.2) is 23.0 Å². The number of nitrogens with zero attached hydrogens (tertiary/aromatic N) is 1. The number of anilines is 1. The van der Waals surface area contributed by atoms with E-state index in [-0.39, 0.29) is 11.4 Å². The van der Waals surface area contributed by atoms with E-state index in [9.17, 15) is 4.79 Å². The van der Waals surface area contributed by atoms with Crippen molar-refractivity contribution in [2.45, 2.75) is 45.1 Å². The van der Waals surface area contributed by atoms with Crippen molar-refractivity contribution in [2.24, 2.45) is 0 Å². The molecule has 2 rings (SSSR count). The molecule has 0 aliphatic heterocycles. The van der Waals surface area contributed by atoms with Crippen LogP contribution in [0.4, 0.5) is 5.69 Å². The van der Waals surface area contributed by atoms with E-state index in [1.807, 2.05) is 6.92 Å². The first-order valence-electron chi connectivity index (χ1n) is 6.71. The average Bonchev–Trinajstić information content (AvgIpc) is 2.35. The number of pyridine rings is 1. The normalized spacial score (nSPS) is 16.8. The zero-order valence-electron chi connectivity index (χ0n) is 11.1. The van der Waals surface area contributed by atoms with Gasteiger partial charge in [0.1, 0.15) is 0 Å². The minimum absolute atomic E-state index is 0.00917. The number of hydrogen-bond acceptors (Lipinski definition) is 3. The van der Waals surface area contributed by atoms with E-state index in [0.717, 1.165) is 31.5 Å². The minimum Gasteiger partial charge on any atom is -0.383 e. The predicted molar refractivity (Wildman–Crippen MR) is 72.7 cm³/mol. The molecule has 0 atom stereocenters. The highest BCUT2D eigenvalue weighted by Crippen LogP contribution is 2.35. The van der Waals surface area contributed by atoms with Crippen LogP contribution >= 0.6 is 0 Å². The highest BCUT2D eigenvalue weighted by Gasteiger charge is 2.36. The lowest BCUT2D eigenvalue weighted by Gasteiger charge is -2.42. The SMILES string of the molecule is CCNc1cnccc1C(=O)NC1(CC)CCC1. The van der Waals surface area contributed by atoms with Crippen molar-refractivity contribution in [1.82, 2.24) is 10.3 Å². The van der Waals surface area contributed by atoms with Gasteiger partial charge in [-0.3, -0.25) is 9.78 Å². The number of amides is 1. The Hall–Kier alpha value is -1.58. The number of nitrogens with one attached hydrogen (secondary N) is 2. The first kappa shape index (κ1) is 12.9. The van der Waals surface area contributed by atoms with Crippen molar-refractivity contribution in [1.29, 1.82) is 0 Å². The molecule has 1 fully saturated rings. The van der Waals surface area contributed by atoms with Gasteiger partial charge < -0.3 is 10.6 Å². The van der Waals surface area contributed by atoms with Gasteiger partial charge in [-0.2, -0.15) is 0 Å². The molecule has 4 heteroatoms. The Kier molecular flexibility index (Phi) is 3.84. The van der Waals surface area contributed by atoms with Gasteiger partial charge >= 0.3 is 0 Å². The van der Waals surface area contributed by atoms with Gasteiger partial charge in [0.05, 0.1) is 17.4 Å². The third kappa shape index (κ3) is 2.47. The number of rotatable bonds is 5. The first-order chi connectivity index (χ1) is 8.71. The Morgan fingerprint density at radius 1 is 1.44 bits per heavy atom. The Morgan fingerprint density at radius 3 is 2.78 bits per heavy atom. The van der Waals surface area contributed by atoms with E-state index in [4.69, 9.17) is 0 Å². The van der Waals surface area contributed by atoms with Crippen LogP contribution in [0.5, 0.6) is 0 Å². The van der Waals surface area contributed by atoms with Crippen LogP contribution < -0.4 is 10.6 Å². The van der Waals surface area contributed by atoms with Crippen LogP contribution in [0.3, 0.4) is 0 Å². The van der Waals surface area contributed by atoms with Crippen molar-refractivity contribution in [3.63, 3.8) is 0 Å². The molecule has 2 N–H and O–H groups in total. The average molecular weight is 247 g/mol. The molecule has 1 amide bonds. The maximum absolute atomic E-state index is 12.3. The summed E-state index contributed by atoms with van der Waals surface area (Å²) in [5, 5.41) is 6.36. The third-order valence-electron chi connectivity index (χ3n) is 3.80. The number of carbonyl (C=O) groups excluding carboxylic acids is 1. The highest BCUT2D eigenvalue weighted by atomic mass is 16.1. The lowest BCUT2D eigenvalue weighted by Crippen LogP contribution is -2.53.